The number of rotatable bonds is 4. The number of fused-ring (bicyclic) bond motifs is 1. The fraction of sp³-hybridized carbons (Fsp3) is 0.571. The summed E-state index contributed by atoms with van der Waals surface area (Å²) in [5, 5.41) is 3.30. The van der Waals surface area contributed by atoms with Gasteiger partial charge in [-0.05, 0) is 43.4 Å². The van der Waals surface area contributed by atoms with E-state index in [0.29, 0.717) is 12.3 Å². The third kappa shape index (κ3) is 3.07. The van der Waals surface area contributed by atoms with E-state index in [4.69, 9.17) is 4.74 Å². The lowest BCUT2D eigenvalue weighted by Gasteiger charge is -2.22. The SMILES string of the molecule is O=S(=O)(CC1CCCO1)Nc1cccc2c1CCCN2. The Balaban J connectivity index is 1.76. The second kappa shape index (κ2) is 5.61. The molecule has 2 heterocycles. The molecule has 0 amide bonds. The Morgan fingerprint density at radius 3 is 3.05 bits per heavy atom. The highest BCUT2D eigenvalue weighted by Gasteiger charge is 2.24. The van der Waals surface area contributed by atoms with Crippen molar-refractivity contribution >= 4 is 21.4 Å². The van der Waals surface area contributed by atoms with E-state index in [9.17, 15) is 8.42 Å². The van der Waals surface area contributed by atoms with Gasteiger partial charge in [0.05, 0.1) is 17.5 Å². The molecule has 1 aromatic rings. The summed E-state index contributed by atoms with van der Waals surface area (Å²) in [5.41, 5.74) is 2.80. The molecule has 0 saturated carbocycles. The summed E-state index contributed by atoms with van der Waals surface area (Å²) in [5.74, 6) is 0.0457. The van der Waals surface area contributed by atoms with Crippen LogP contribution in [0.2, 0.25) is 0 Å². The number of hydrogen-bond acceptors (Lipinski definition) is 4. The summed E-state index contributed by atoms with van der Waals surface area (Å²) in [4.78, 5) is 0. The summed E-state index contributed by atoms with van der Waals surface area (Å²) >= 11 is 0. The molecule has 2 aliphatic rings. The summed E-state index contributed by atoms with van der Waals surface area (Å²) < 4.78 is 32.6. The minimum Gasteiger partial charge on any atom is -0.385 e. The summed E-state index contributed by atoms with van der Waals surface area (Å²) in [6.07, 6.45) is 3.55. The lowest BCUT2D eigenvalue weighted by molar-refractivity contribution is 0.127. The van der Waals surface area contributed by atoms with Crippen LogP contribution >= 0.6 is 0 Å². The van der Waals surface area contributed by atoms with E-state index in [1.807, 2.05) is 18.2 Å². The van der Waals surface area contributed by atoms with Crippen LogP contribution in [0.3, 0.4) is 0 Å². The molecule has 0 bridgehead atoms. The molecule has 1 aromatic carbocycles. The van der Waals surface area contributed by atoms with E-state index in [-0.39, 0.29) is 11.9 Å². The molecule has 5 nitrogen and oxygen atoms in total. The Hall–Kier alpha value is -1.27. The summed E-state index contributed by atoms with van der Waals surface area (Å²) in [6.45, 7) is 1.62. The zero-order valence-electron chi connectivity index (χ0n) is 11.4. The molecule has 1 unspecified atom stereocenters. The normalized spacial score (nSPS) is 22.1. The van der Waals surface area contributed by atoms with Crippen LogP contribution in [-0.2, 0) is 21.2 Å². The van der Waals surface area contributed by atoms with Gasteiger partial charge in [0.25, 0.3) is 0 Å². The van der Waals surface area contributed by atoms with Gasteiger partial charge in [0, 0.05) is 18.8 Å². The molecule has 0 spiro atoms. The van der Waals surface area contributed by atoms with Crippen LogP contribution in [0.1, 0.15) is 24.8 Å². The quantitative estimate of drug-likeness (QED) is 0.891. The second-order valence-corrected chi connectivity index (χ2v) is 7.15. The topological polar surface area (TPSA) is 67.4 Å². The zero-order valence-corrected chi connectivity index (χ0v) is 12.2. The molecule has 3 rings (SSSR count). The highest BCUT2D eigenvalue weighted by molar-refractivity contribution is 7.92. The van der Waals surface area contributed by atoms with E-state index in [0.717, 1.165) is 43.5 Å². The second-order valence-electron chi connectivity index (χ2n) is 5.38. The first kappa shape index (κ1) is 13.7. The van der Waals surface area contributed by atoms with Crippen LogP contribution in [0.4, 0.5) is 11.4 Å². The van der Waals surface area contributed by atoms with Crippen LogP contribution in [0.5, 0.6) is 0 Å². The predicted octanol–water partition coefficient (Wildman–Crippen LogP) is 1.97. The fourth-order valence-corrected chi connectivity index (χ4v) is 4.20. The first-order valence-electron chi connectivity index (χ1n) is 7.12. The summed E-state index contributed by atoms with van der Waals surface area (Å²) in [6, 6.07) is 5.70. The van der Waals surface area contributed by atoms with Crippen LogP contribution in [0.25, 0.3) is 0 Å². The molecule has 2 aliphatic heterocycles. The molecule has 20 heavy (non-hydrogen) atoms. The smallest absolute Gasteiger partial charge is 0.235 e. The lowest BCUT2D eigenvalue weighted by atomic mass is 10.0. The van der Waals surface area contributed by atoms with Gasteiger partial charge in [-0.1, -0.05) is 6.07 Å². The van der Waals surface area contributed by atoms with Gasteiger partial charge in [0.1, 0.15) is 0 Å². The zero-order chi connectivity index (χ0) is 14.0. The van der Waals surface area contributed by atoms with Crippen molar-refractivity contribution in [1.29, 1.82) is 0 Å². The average Bonchev–Trinajstić information content (AvgIpc) is 2.91. The monoisotopic (exact) mass is 296 g/mol. The van der Waals surface area contributed by atoms with Crippen LogP contribution < -0.4 is 10.0 Å². The first-order valence-corrected chi connectivity index (χ1v) is 8.77. The number of benzene rings is 1. The molecule has 1 fully saturated rings. The third-order valence-corrected chi connectivity index (χ3v) is 5.13. The van der Waals surface area contributed by atoms with E-state index in [1.54, 1.807) is 0 Å². The summed E-state index contributed by atoms with van der Waals surface area (Å²) in [7, 11) is -3.35. The van der Waals surface area contributed by atoms with Crippen molar-refractivity contribution in [1.82, 2.24) is 0 Å². The van der Waals surface area contributed by atoms with E-state index >= 15 is 0 Å². The maximum Gasteiger partial charge on any atom is 0.235 e. The number of sulfonamides is 1. The highest BCUT2D eigenvalue weighted by atomic mass is 32.2. The Morgan fingerprint density at radius 2 is 2.25 bits per heavy atom. The minimum atomic E-state index is -3.35. The molecule has 0 aliphatic carbocycles. The molecular weight excluding hydrogens is 276 g/mol. The standard InChI is InChI=1S/C14H20N2O3S/c17-20(18,10-11-4-3-9-19-11)16-14-7-1-6-13-12(14)5-2-8-15-13/h1,6-7,11,15-16H,2-5,8-10H2. The van der Waals surface area contributed by atoms with E-state index < -0.39 is 10.0 Å². The van der Waals surface area contributed by atoms with E-state index in [1.165, 1.54) is 0 Å². The van der Waals surface area contributed by atoms with Crippen molar-refractivity contribution in [3.05, 3.63) is 23.8 Å². The average molecular weight is 296 g/mol. The van der Waals surface area contributed by atoms with Crippen molar-refractivity contribution in [3.8, 4) is 0 Å². The minimum absolute atomic E-state index is 0.0457. The van der Waals surface area contributed by atoms with Gasteiger partial charge < -0.3 is 10.1 Å². The maximum absolute atomic E-state index is 12.2. The number of hydrogen-bond donors (Lipinski definition) is 2. The maximum atomic E-state index is 12.2. The van der Waals surface area contributed by atoms with Gasteiger partial charge in [-0.2, -0.15) is 0 Å². The lowest BCUT2D eigenvalue weighted by Crippen LogP contribution is -2.26. The Bertz CT molecular complexity index is 580. The van der Waals surface area contributed by atoms with E-state index in [2.05, 4.69) is 10.0 Å². The van der Waals surface area contributed by atoms with Gasteiger partial charge in [0.15, 0.2) is 0 Å². The molecule has 1 saturated heterocycles. The molecule has 2 N–H and O–H groups in total. The Kier molecular flexibility index (Phi) is 3.85. The van der Waals surface area contributed by atoms with Crippen molar-refractivity contribution in [3.63, 3.8) is 0 Å². The van der Waals surface area contributed by atoms with Crippen LogP contribution in [-0.4, -0.2) is 33.4 Å². The molecule has 1 atom stereocenters. The van der Waals surface area contributed by atoms with Gasteiger partial charge >= 0.3 is 0 Å². The first-order chi connectivity index (χ1) is 9.64. The molecule has 0 aromatic heterocycles. The van der Waals surface area contributed by atoms with Crippen LogP contribution in [0.15, 0.2) is 18.2 Å². The van der Waals surface area contributed by atoms with Crippen molar-refractivity contribution in [2.24, 2.45) is 0 Å². The molecular formula is C14H20N2O3S. The molecule has 6 heteroatoms. The van der Waals surface area contributed by atoms with Gasteiger partial charge in [-0.25, -0.2) is 8.42 Å². The predicted molar refractivity (Wildman–Crippen MR) is 79.6 cm³/mol. The highest BCUT2D eigenvalue weighted by Crippen LogP contribution is 2.29. The largest absolute Gasteiger partial charge is 0.385 e. The third-order valence-electron chi connectivity index (χ3n) is 3.79. The number of nitrogens with one attached hydrogen (secondary N) is 2. The van der Waals surface area contributed by atoms with Gasteiger partial charge in [-0.3, -0.25) is 4.72 Å². The van der Waals surface area contributed by atoms with Crippen molar-refractivity contribution in [2.45, 2.75) is 31.8 Å². The number of ether oxygens (including phenoxy) is 1. The Morgan fingerprint density at radius 1 is 1.35 bits per heavy atom. The molecule has 0 radical (unpaired) electrons. The van der Waals surface area contributed by atoms with Crippen molar-refractivity contribution < 1.29 is 13.2 Å². The Labute approximate surface area is 119 Å². The fourth-order valence-electron chi connectivity index (χ4n) is 2.84. The van der Waals surface area contributed by atoms with Crippen LogP contribution in [0, 0.1) is 0 Å². The van der Waals surface area contributed by atoms with Gasteiger partial charge in [-0.15, -0.1) is 0 Å². The van der Waals surface area contributed by atoms with Crippen molar-refractivity contribution in [2.75, 3.05) is 28.9 Å². The number of anilines is 2. The van der Waals surface area contributed by atoms with Gasteiger partial charge in [0.2, 0.25) is 10.0 Å². The molecule has 110 valence electrons.